The molecule has 0 spiro atoms. The van der Waals surface area contributed by atoms with Crippen molar-refractivity contribution < 1.29 is 31.4 Å². The minimum absolute atomic E-state index is 0.0357. The maximum atomic E-state index is 13.1. The lowest BCUT2D eigenvalue weighted by Crippen LogP contribution is -2.51. The fourth-order valence-corrected chi connectivity index (χ4v) is 5.34. The minimum Gasteiger partial charge on any atom is -0.380 e. The van der Waals surface area contributed by atoms with Gasteiger partial charge < -0.3 is 15.2 Å². The maximum Gasteiger partial charge on any atom is 0.421 e. The third-order valence-corrected chi connectivity index (χ3v) is 8.11. The van der Waals surface area contributed by atoms with Crippen LogP contribution in [-0.4, -0.2) is 74.5 Å². The van der Waals surface area contributed by atoms with Gasteiger partial charge in [-0.1, -0.05) is 12.1 Å². The SMILES string of the molecule is C[C@H]1COCCN1C[C@@H](CNS(=O)(=O)c1nccs1)Nc1ccc(C(C)(O)C(F)(F)F)cc1. The van der Waals surface area contributed by atoms with Crippen LogP contribution in [0.3, 0.4) is 0 Å². The van der Waals surface area contributed by atoms with Crippen molar-refractivity contribution in [3.8, 4) is 0 Å². The van der Waals surface area contributed by atoms with Gasteiger partial charge in [-0.05, 0) is 31.5 Å². The van der Waals surface area contributed by atoms with Crippen molar-refractivity contribution in [2.45, 2.75) is 42.0 Å². The Morgan fingerprint density at radius 2 is 2.03 bits per heavy atom. The predicted octanol–water partition coefficient (Wildman–Crippen LogP) is 2.39. The summed E-state index contributed by atoms with van der Waals surface area (Å²) in [5, 5.41) is 14.6. The molecule has 0 bridgehead atoms. The molecule has 1 unspecified atom stereocenters. The van der Waals surface area contributed by atoms with E-state index in [1.54, 1.807) is 5.38 Å². The van der Waals surface area contributed by atoms with E-state index in [4.69, 9.17) is 4.74 Å². The van der Waals surface area contributed by atoms with E-state index in [1.165, 1.54) is 30.5 Å². The quantitative estimate of drug-likeness (QED) is 0.478. The molecule has 2 aromatic rings. The Morgan fingerprint density at radius 1 is 1.33 bits per heavy atom. The molecule has 1 aromatic carbocycles. The van der Waals surface area contributed by atoms with Gasteiger partial charge in [0.15, 0.2) is 5.60 Å². The molecule has 184 valence electrons. The van der Waals surface area contributed by atoms with Crippen LogP contribution in [0.5, 0.6) is 0 Å². The van der Waals surface area contributed by atoms with E-state index >= 15 is 0 Å². The minimum atomic E-state index is -4.81. The Bertz CT molecular complexity index is 999. The van der Waals surface area contributed by atoms with Gasteiger partial charge in [-0.25, -0.2) is 18.1 Å². The standard InChI is InChI=1S/C20H27F3N4O4S2/c1-14-13-31-9-8-27(14)12-17(11-25-33(29,30)18-24-7-10-32-18)26-16-5-3-15(4-6-16)19(2,28)20(21,22)23/h3-7,10,14,17,25-26,28H,8-9,11-13H2,1-2H3/t14-,17+,19?/m0/s1. The first-order valence-electron chi connectivity index (χ1n) is 10.3. The lowest BCUT2D eigenvalue weighted by atomic mass is 9.95. The number of ether oxygens (including phenoxy) is 1. The smallest absolute Gasteiger partial charge is 0.380 e. The molecule has 3 atom stereocenters. The first-order valence-corrected chi connectivity index (χ1v) is 12.6. The van der Waals surface area contributed by atoms with Gasteiger partial charge in [0, 0.05) is 42.9 Å². The van der Waals surface area contributed by atoms with Gasteiger partial charge in [-0.3, -0.25) is 4.90 Å². The highest BCUT2D eigenvalue weighted by molar-refractivity contribution is 7.91. The van der Waals surface area contributed by atoms with Crippen LogP contribution in [0, 0.1) is 0 Å². The molecule has 1 aliphatic heterocycles. The second kappa shape index (κ2) is 10.2. The average Bonchev–Trinajstić information content (AvgIpc) is 3.29. The van der Waals surface area contributed by atoms with Crippen molar-refractivity contribution in [2.24, 2.45) is 0 Å². The molecule has 0 amide bonds. The molecular formula is C20H27F3N4O4S2. The molecule has 3 rings (SSSR count). The molecule has 33 heavy (non-hydrogen) atoms. The number of benzene rings is 1. The number of thiazole rings is 1. The normalized spacial score (nSPS) is 20.8. The first kappa shape index (κ1) is 25.8. The molecule has 1 fully saturated rings. The van der Waals surface area contributed by atoms with Crippen LogP contribution in [0.2, 0.25) is 0 Å². The molecule has 2 heterocycles. The van der Waals surface area contributed by atoms with Crippen LogP contribution in [0.15, 0.2) is 40.2 Å². The molecule has 1 aromatic heterocycles. The first-order chi connectivity index (χ1) is 15.4. The molecular weight excluding hydrogens is 481 g/mol. The van der Waals surface area contributed by atoms with Crippen LogP contribution < -0.4 is 10.0 Å². The number of aliphatic hydroxyl groups is 1. The highest BCUT2D eigenvalue weighted by Gasteiger charge is 2.51. The van der Waals surface area contributed by atoms with Crippen LogP contribution in [0.1, 0.15) is 19.4 Å². The number of sulfonamides is 1. The molecule has 0 aliphatic carbocycles. The van der Waals surface area contributed by atoms with Gasteiger partial charge in [0.25, 0.3) is 10.0 Å². The third-order valence-electron chi connectivity index (χ3n) is 5.49. The van der Waals surface area contributed by atoms with E-state index in [0.29, 0.717) is 38.9 Å². The largest absolute Gasteiger partial charge is 0.421 e. The zero-order valence-electron chi connectivity index (χ0n) is 18.2. The summed E-state index contributed by atoms with van der Waals surface area (Å²) in [6.07, 6.45) is -3.41. The van der Waals surface area contributed by atoms with Crippen molar-refractivity contribution in [1.82, 2.24) is 14.6 Å². The Kier molecular flexibility index (Phi) is 8.02. The summed E-state index contributed by atoms with van der Waals surface area (Å²) in [6.45, 7) is 5.00. The third kappa shape index (κ3) is 6.43. The van der Waals surface area contributed by atoms with E-state index in [1.807, 2.05) is 6.92 Å². The zero-order chi connectivity index (χ0) is 24.3. The number of morpholine rings is 1. The van der Waals surface area contributed by atoms with Gasteiger partial charge in [0.05, 0.1) is 19.3 Å². The fraction of sp³-hybridized carbons (Fsp3) is 0.550. The van der Waals surface area contributed by atoms with Crippen LogP contribution in [0.4, 0.5) is 18.9 Å². The van der Waals surface area contributed by atoms with Gasteiger partial charge in [0.1, 0.15) is 0 Å². The number of hydrogen-bond acceptors (Lipinski definition) is 8. The number of hydrogen-bond donors (Lipinski definition) is 3. The van der Waals surface area contributed by atoms with E-state index in [2.05, 4.69) is 19.9 Å². The monoisotopic (exact) mass is 508 g/mol. The van der Waals surface area contributed by atoms with Crippen LogP contribution >= 0.6 is 11.3 Å². The highest BCUT2D eigenvalue weighted by atomic mass is 32.2. The number of aromatic nitrogens is 1. The summed E-state index contributed by atoms with van der Waals surface area (Å²) in [5.74, 6) is 0. The van der Waals surface area contributed by atoms with Gasteiger partial charge >= 0.3 is 6.18 Å². The Hall–Kier alpha value is -1.77. The molecule has 13 heteroatoms. The number of halogens is 3. The second-order valence-electron chi connectivity index (χ2n) is 8.06. The second-order valence-corrected chi connectivity index (χ2v) is 10.9. The summed E-state index contributed by atoms with van der Waals surface area (Å²) in [7, 11) is -3.78. The van der Waals surface area contributed by atoms with Gasteiger partial charge in [-0.15, -0.1) is 11.3 Å². The van der Waals surface area contributed by atoms with Gasteiger partial charge in [0.2, 0.25) is 4.34 Å². The number of anilines is 1. The molecule has 8 nitrogen and oxygen atoms in total. The number of nitrogens with zero attached hydrogens (tertiary/aromatic N) is 2. The molecule has 0 radical (unpaired) electrons. The van der Waals surface area contributed by atoms with Crippen molar-refractivity contribution in [3.05, 3.63) is 41.4 Å². The Labute approximate surface area is 194 Å². The van der Waals surface area contributed by atoms with Gasteiger partial charge in [-0.2, -0.15) is 13.2 Å². The van der Waals surface area contributed by atoms with Crippen molar-refractivity contribution in [2.75, 3.05) is 38.2 Å². The van der Waals surface area contributed by atoms with Crippen LogP contribution in [0.25, 0.3) is 0 Å². The van der Waals surface area contributed by atoms with Crippen molar-refractivity contribution >= 4 is 27.0 Å². The zero-order valence-corrected chi connectivity index (χ0v) is 19.8. The lowest BCUT2D eigenvalue weighted by molar-refractivity contribution is -0.258. The number of rotatable bonds is 9. The summed E-state index contributed by atoms with van der Waals surface area (Å²) >= 11 is 1.00. The highest BCUT2D eigenvalue weighted by Crippen LogP contribution is 2.38. The number of alkyl halides is 3. The summed E-state index contributed by atoms with van der Waals surface area (Å²) in [6, 6.07) is 4.99. The lowest BCUT2D eigenvalue weighted by Gasteiger charge is -2.36. The van der Waals surface area contributed by atoms with E-state index < -0.39 is 27.8 Å². The van der Waals surface area contributed by atoms with Crippen molar-refractivity contribution in [3.63, 3.8) is 0 Å². The molecule has 0 saturated carbocycles. The van der Waals surface area contributed by atoms with E-state index in [9.17, 15) is 26.7 Å². The van der Waals surface area contributed by atoms with Crippen molar-refractivity contribution in [1.29, 1.82) is 0 Å². The number of nitrogens with one attached hydrogen (secondary N) is 2. The molecule has 1 saturated heterocycles. The summed E-state index contributed by atoms with van der Waals surface area (Å²) in [5.41, 5.74) is -2.77. The Balaban J connectivity index is 1.74. The van der Waals surface area contributed by atoms with Crippen LogP contribution in [-0.2, 0) is 20.4 Å². The predicted molar refractivity (Wildman–Crippen MR) is 119 cm³/mol. The average molecular weight is 509 g/mol. The molecule has 3 N–H and O–H groups in total. The Morgan fingerprint density at radius 3 is 2.61 bits per heavy atom. The summed E-state index contributed by atoms with van der Waals surface area (Å²) < 4.78 is 72.3. The fourth-order valence-electron chi connectivity index (χ4n) is 3.38. The summed E-state index contributed by atoms with van der Waals surface area (Å²) in [4.78, 5) is 5.99. The van der Waals surface area contributed by atoms with E-state index in [0.717, 1.165) is 11.3 Å². The maximum absolute atomic E-state index is 13.1. The topological polar surface area (TPSA) is 104 Å². The molecule has 1 aliphatic rings. The van der Waals surface area contributed by atoms with E-state index in [-0.39, 0.29) is 22.5 Å².